The van der Waals surface area contributed by atoms with E-state index in [1.165, 1.54) is 0 Å². The minimum absolute atomic E-state index is 0.785. The average molecular weight is 268 g/mol. The van der Waals surface area contributed by atoms with E-state index >= 15 is 0 Å². The van der Waals surface area contributed by atoms with Crippen molar-refractivity contribution in [2.24, 2.45) is 0 Å². The molecule has 0 aromatic heterocycles. The summed E-state index contributed by atoms with van der Waals surface area (Å²) < 4.78 is 18.6. The van der Waals surface area contributed by atoms with Crippen LogP contribution in [0.25, 0.3) is 0 Å². The topological polar surface area (TPSA) is 26.3 Å². The number of rotatable bonds is 8. The second kappa shape index (κ2) is 7.63. The number of benzene rings is 1. The molecule has 0 N–H and O–H groups in total. The van der Waals surface area contributed by atoms with E-state index in [1.54, 1.807) is 7.11 Å². The minimum Gasteiger partial charge on any atom is -0.496 e. The van der Waals surface area contributed by atoms with E-state index in [9.17, 15) is 4.57 Å². The van der Waals surface area contributed by atoms with E-state index < -0.39 is 7.14 Å². The Labute approximate surface area is 111 Å². The Bertz CT molecular complexity index is 389. The normalized spacial score (nSPS) is 11.5. The molecule has 0 aliphatic rings. The van der Waals surface area contributed by atoms with Gasteiger partial charge in [-0.15, -0.1) is 0 Å². The summed E-state index contributed by atoms with van der Waals surface area (Å²) in [5, 5.41) is 0.939. The van der Waals surface area contributed by atoms with Crippen molar-refractivity contribution < 1.29 is 9.30 Å². The highest BCUT2D eigenvalue weighted by Crippen LogP contribution is 2.48. The summed E-state index contributed by atoms with van der Waals surface area (Å²) in [6, 6.07) is 7.79. The summed E-state index contributed by atoms with van der Waals surface area (Å²) in [5.41, 5.74) is 0. The van der Waals surface area contributed by atoms with E-state index in [2.05, 4.69) is 13.8 Å². The second-order valence-corrected chi connectivity index (χ2v) is 7.87. The van der Waals surface area contributed by atoms with Gasteiger partial charge in [0.2, 0.25) is 0 Å². The fourth-order valence-corrected chi connectivity index (χ4v) is 5.43. The maximum atomic E-state index is 13.2. The Morgan fingerprint density at radius 2 is 1.61 bits per heavy atom. The minimum atomic E-state index is -2.28. The van der Waals surface area contributed by atoms with Gasteiger partial charge in [0, 0.05) is 12.3 Å². The van der Waals surface area contributed by atoms with Crippen LogP contribution < -0.4 is 10.0 Å². The highest BCUT2D eigenvalue weighted by atomic mass is 31.2. The molecule has 0 bridgehead atoms. The molecule has 2 nitrogen and oxygen atoms in total. The van der Waals surface area contributed by atoms with Crippen LogP contribution >= 0.6 is 7.14 Å². The van der Waals surface area contributed by atoms with E-state index in [1.807, 2.05) is 24.3 Å². The molecule has 3 heteroatoms. The van der Waals surface area contributed by atoms with Crippen LogP contribution in [0.1, 0.15) is 39.5 Å². The molecule has 0 spiro atoms. The molecule has 1 aromatic carbocycles. The molecule has 0 aliphatic carbocycles. The van der Waals surface area contributed by atoms with Crippen molar-refractivity contribution in [3.63, 3.8) is 0 Å². The summed E-state index contributed by atoms with van der Waals surface area (Å²) in [4.78, 5) is 0. The second-order valence-electron chi connectivity index (χ2n) is 4.72. The number of methoxy groups -OCH3 is 1. The number of unbranched alkanes of at least 4 members (excludes halogenated alkanes) is 2. The van der Waals surface area contributed by atoms with Crippen LogP contribution in [0, 0.1) is 0 Å². The molecule has 18 heavy (non-hydrogen) atoms. The zero-order valence-electron chi connectivity index (χ0n) is 11.8. The third kappa shape index (κ3) is 3.88. The maximum absolute atomic E-state index is 13.2. The molecule has 0 fully saturated rings. The highest BCUT2D eigenvalue weighted by Gasteiger charge is 2.26. The summed E-state index contributed by atoms with van der Waals surface area (Å²) in [6.07, 6.45) is 5.85. The molecule has 0 aliphatic heterocycles. The number of hydrogen-bond acceptors (Lipinski definition) is 2. The van der Waals surface area contributed by atoms with Crippen LogP contribution in [0.15, 0.2) is 24.3 Å². The van der Waals surface area contributed by atoms with Crippen LogP contribution in [0.4, 0.5) is 0 Å². The van der Waals surface area contributed by atoms with Crippen molar-refractivity contribution in [3.8, 4) is 5.75 Å². The first-order chi connectivity index (χ1) is 8.68. The SMILES string of the molecule is CCCCP(=O)(CCCC)c1ccccc1OC. The lowest BCUT2D eigenvalue weighted by Crippen LogP contribution is -2.13. The van der Waals surface area contributed by atoms with Gasteiger partial charge in [-0.25, -0.2) is 0 Å². The zero-order valence-corrected chi connectivity index (χ0v) is 12.7. The summed E-state index contributed by atoms with van der Waals surface area (Å²) in [5.74, 6) is 0.785. The average Bonchev–Trinajstić information content (AvgIpc) is 2.43. The molecule has 0 radical (unpaired) electrons. The van der Waals surface area contributed by atoms with Crippen molar-refractivity contribution in [1.29, 1.82) is 0 Å². The maximum Gasteiger partial charge on any atom is 0.129 e. The number of hydrogen-bond donors (Lipinski definition) is 0. The molecule has 0 amide bonds. The van der Waals surface area contributed by atoms with Gasteiger partial charge in [0.05, 0.1) is 12.4 Å². The lowest BCUT2D eigenvalue weighted by atomic mass is 10.3. The zero-order chi connectivity index (χ0) is 13.4. The molecule has 102 valence electrons. The van der Waals surface area contributed by atoms with Gasteiger partial charge < -0.3 is 9.30 Å². The molecule has 0 heterocycles. The van der Waals surface area contributed by atoms with Gasteiger partial charge in [0.15, 0.2) is 0 Å². The molecule has 0 unspecified atom stereocenters. The van der Waals surface area contributed by atoms with Gasteiger partial charge in [-0.2, -0.15) is 0 Å². The van der Waals surface area contributed by atoms with E-state index in [-0.39, 0.29) is 0 Å². The van der Waals surface area contributed by atoms with Gasteiger partial charge in [-0.1, -0.05) is 38.8 Å². The molecule has 0 saturated heterocycles. The summed E-state index contributed by atoms with van der Waals surface area (Å²) >= 11 is 0. The Balaban J connectivity index is 3.04. The third-order valence-electron chi connectivity index (χ3n) is 3.27. The van der Waals surface area contributed by atoms with Crippen molar-refractivity contribution >= 4 is 12.4 Å². The Morgan fingerprint density at radius 3 is 2.11 bits per heavy atom. The van der Waals surface area contributed by atoms with Crippen LogP contribution in [0.2, 0.25) is 0 Å². The lowest BCUT2D eigenvalue weighted by Gasteiger charge is -2.20. The van der Waals surface area contributed by atoms with Crippen molar-refractivity contribution in [3.05, 3.63) is 24.3 Å². The monoisotopic (exact) mass is 268 g/mol. The quantitative estimate of drug-likeness (QED) is 0.658. The molecular formula is C15H25O2P. The molecular weight excluding hydrogens is 243 g/mol. The highest BCUT2D eigenvalue weighted by molar-refractivity contribution is 7.71. The van der Waals surface area contributed by atoms with Gasteiger partial charge in [-0.3, -0.25) is 0 Å². The standard InChI is InChI=1S/C15H25O2P/c1-4-6-12-18(16,13-7-5-2)15-11-9-8-10-14(15)17-3/h8-11H,4-7,12-13H2,1-3H3. The lowest BCUT2D eigenvalue weighted by molar-refractivity contribution is 0.417. The van der Waals surface area contributed by atoms with Gasteiger partial charge in [0.1, 0.15) is 12.9 Å². The first-order valence-corrected chi connectivity index (χ1v) is 8.97. The summed E-state index contributed by atoms with van der Waals surface area (Å²) in [7, 11) is -0.628. The molecule has 1 rings (SSSR count). The van der Waals surface area contributed by atoms with Gasteiger partial charge in [-0.05, 0) is 25.0 Å². The third-order valence-corrected chi connectivity index (χ3v) is 6.59. The Kier molecular flexibility index (Phi) is 6.49. The first-order valence-electron chi connectivity index (χ1n) is 6.89. The fourth-order valence-electron chi connectivity index (χ4n) is 2.15. The largest absolute Gasteiger partial charge is 0.496 e. The van der Waals surface area contributed by atoms with Crippen molar-refractivity contribution in [2.75, 3.05) is 19.4 Å². The van der Waals surface area contributed by atoms with E-state index in [4.69, 9.17) is 4.74 Å². The molecule has 0 atom stereocenters. The van der Waals surface area contributed by atoms with E-state index in [0.717, 1.165) is 49.1 Å². The van der Waals surface area contributed by atoms with Crippen LogP contribution in [0.5, 0.6) is 5.75 Å². The fraction of sp³-hybridized carbons (Fsp3) is 0.600. The van der Waals surface area contributed by atoms with Crippen molar-refractivity contribution in [2.45, 2.75) is 39.5 Å². The van der Waals surface area contributed by atoms with Gasteiger partial charge >= 0.3 is 0 Å². The predicted octanol–water partition coefficient (Wildman–Crippen LogP) is 4.28. The smallest absolute Gasteiger partial charge is 0.129 e. The Hall–Kier alpha value is -0.750. The predicted molar refractivity (Wildman–Crippen MR) is 79.8 cm³/mol. The number of para-hydroxylation sites is 1. The van der Waals surface area contributed by atoms with E-state index in [0.29, 0.717) is 0 Å². The first kappa shape index (κ1) is 15.3. The number of ether oxygens (including phenoxy) is 1. The van der Waals surface area contributed by atoms with Crippen LogP contribution in [-0.2, 0) is 4.57 Å². The van der Waals surface area contributed by atoms with Gasteiger partial charge in [0.25, 0.3) is 0 Å². The molecule has 1 aromatic rings. The van der Waals surface area contributed by atoms with Crippen LogP contribution in [0.3, 0.4) is 0 Å². The van der Waals surface area contributed by atoms with Crippen LogP contribution in [-0.4, -0.2) is 19.4 Å². The Morgan fingerprint density at radius 1 is 1.06 bits per heavy atom. The van der Waals surface area contributed by atoms with Crippen molar-refractivity contribution in [1.82, 2.24) is 0 Å². The summed E-state index contributed by atoms with van der Waals surface area (Å²) in [6.45, 7) is 4.29. The molecule has 0 saturated carbocycles.